The van der Waals surface area contributed by atoms with E-state index in [1.807, 2.05) is 0 Å². The molecule has 0 atom stereocenters. The molecule has 0 aromatic carbocycles. The Hall–Kier alpha value is -0.610. The zero-order chi connectivity index (χ0) is 12.7. The molecule has 0 saturated carbocycles. The standard InChI is InChI=1S/C5H2F6O4.In.3H/c6-3(7,1(12)13)5(10,11)4(8,9)2(14)15;;;;/h(H,12,13)(H,14,15);;;;. The van der Waals surface area contributed by atoms with Crippen LogP contribution in [0, 0.1) is 0 Å². The van der Waals surface area contributed by atoms with Crippen LogP contribution in [0.2, 0.25) is 0 Å². The SMILES string of the molecule is O=C(O)C(F)(F)C(F)(F)C(F)(F)C(=O)O.[InH3]. The molecule has 0 amide bonds. The van der Waals surface area contributed by atoms with E-state index in [1.54, 1.807) is 0 Å². The van der Waals surface area contributed by atoms with Crippen LogP contribution in [0.1, 0.15) is 0 Å². The van der Waals surface area contributed by atoms with Crippen molar-refractivity contribution in [1.82, 2.24) is 0 Å². The van der Waals surface area contributed by atoms with Crippen molar-refractivity contribution in [2.24, 2.45) is 0 Å². The molecule has 11 heteroatoms. The predicted octanol–water partition coefficient (Wildman–Crippen LogP) is -0.122. The molecule has 4 nitrogen and oxygen atoms in total. The topological polar surface area (TPSA) is 74.6 Å². The molecule has 0 heterocycles. The molecule has 16 heavy (non-hydrogen) atoms. The third kappa shape index (κ3) is 2.38. The van der Waals surface area contributed by atoms with E-state index in [1.165, 1.54) is 0 Å². The Bertz CT molecular complexity index is 275. The van der Waals surface area contributed by atoms with Crippen LogP contribution in [0.15, 0.2) is 0 Å². The number of carboxylic acids is 2. The number of aliphatic carboxylic acids is 2. The van der Waals surface area contributed by atoms with E-state index in [2.05, 4.69) is 0 Å². The van der Waals surface area contributed by atoms with Crippen LogP contribution in [0.25, 0.3) is 0 Å². The summed E-state index contributed by atoms with van der Waals surface area (Å²) in [7, 11) is 0. The summed E-state index contributed by atoms with van der Waals surface area (Å²) in [5.74, 6) is -26.0. The fraction of sp³-hybridized carbons (Fsp3) is 0.600. The van der Waals surface area contributed by atoms with Gasteiger partial charge in [0.1, 0.15) is 0 Å². The zero-order valence-corrected chi connectivity index (χ0v) is 6.48. The molecule has 0 aromatic rings. The molecule has 0 aliphatic carbocycles. The summed E-state index contributed by atoms with van der Waals surface area (Å²) < 4.78 is 72.8. The fourth-order valence-corrected chi connectivity index (χ4v) is 0.466. The number of alkyl halides is 6. The summed E-state index contributed by atoms with van der Waals surface area (Å²) in [6, 6.07) is 0. The minimum atomic E-state index is -6.53. The number of halogens is 6. The molecule has 0 unspecified atom stereocenters. The molecule has 0 aliphatic rings. The number of carbonyl (C=O) groups is 2. The van der Waals surface area contributed by atoms with Crippen LogP contribution >= 0.6 is 0 Å². The van der Waals surface area contributed by atoms with Crippen LogP contribution in [0.4, 0.5) is 26.3 Å². The molecule has 0 rings (SSSR count). The Morgan fingerprint density at radius 1 is 0.750 bits per heavy atom. The van der Waals surface area contributed by atoms with E-state index >= 15 is 0 Å². The van der Waals surface area contributed by atoms with Gasteiger partial charge in [0.25, 0.3) is 0 Å². The van der Waals surface area contributed by atoms with Crippen molar-refractivity contribution in [2.45, 2.75) is 17.8 Å². The summed E-state index contributed by atoms with van der Waals surface area (Å²) in [5.41, 5.74) is 0. The summed E-state index contributed by atoms with van der Waals surface area (Å²) in [5, 5.41) is 15.1. The number of rotatable bonds is 4. The molecule has 0 aliphatic heterocycles. The van der Waals surface area contributed by atoms with Crippen molar-refractivity contribution in [1.29, 1.82) is 0 Å². The Morgan fingerprint density at radius 2 is 0.938 bits per heavy atom. The predicted molar refractivity (Wildman–Crippen MR) is 40.1 cm³/mol. The van der Waals surface area contributed by atoms with Gasteiger partial charge in [-0.3, -0.25) is 0 Å². The van der Waals surface area contributed by atoms with Crippen LogP contribution < -0.4 is 0 Å². The summed E-state index contributed by atoms with van der Waals surface area (Å²) in [4.78, 5) is 19.2. The summed E-state index contributed by atoms with van der Waals surface area (Å²) >= 11 is 0. The van der Waals surface area contributed by atoms with Crippen molar-refractivity contribution >= 4 is 37.8 Å². The first-order chi connectivity index (χ1) is 6.39. The van der Waals surface area contributed by atoms with Gasteiger partial charge >= 0.3 is 55.5 Å². The maximum absolute atomic E-state index is 12.2. The van der Waals surface area contributed by atoms with Crippen molar-refractivity contribution in [3.63, 3.8) is 0 Å². The van der Waals surface area contributed by atoms with Gasteiger partial charge in [0.05, 0.1) is 0 Å². The minimum absolute atomic E-state index is 0. The fourth-order valence-electron chi connectivity index (χ4n) is 0.466. The van der Waals surface area contributed by atoms with Crippen LogP contribution in [-0.4, -0.2) is 65.8 Å². The van der Waals surface area contributed by atoms with Gasteiger partial charge in [-0.2, -0.15) is 26.3 Å². The van der Waals surface area contributed by atoms with Gasteiger partial charge in [-0.05, 0) is 0 Å². The van der Waals surface area contributed by atoms with E-state index in [9.17, 15) is 35.9 Å². The van der Waals surface area contributed by atoms with E-state index in [4.69, 9.17) is 10.2 Å². The quantitative estimate of drug-likeness (QED) is 0.688. The third-order valence-corrected chi connectivity index (χ3v) is 1.33. The first-order valence-corrected chi connectivity index (χ1v) is 2.99. The number of carboxylic acid groups (broad SMARTS) is 2. The second kappa shape index (κ2) is 4.72. The van der Waals surface area contributed by atoms with Crippen LogP contribution in [-0.2, 0) is 9.59 Å². The Morgan fingerprint density at radius 3 is 1.06 bits per heavy atom. The second-order valence-corrected chi connectivity index (χ2v) is 2.33. The monoisotopic (exact) mass is 358 g/mol. The molecule has 94 valence electrons. The molecule has 0 aromatic heterocycles. The summed E-state index contributed by atoms with van der Waals surface area (Å²) in [6.07, 6.45) is 0. The van der Waals surface area contributed by atoms with Crippen molar-refractivity contribution in [3.8, 4) is 0 Å². The summed E-state index contributed by atoms with van der Waals surface area (Å²) in [6.45, 7) is 0. The van der Waals surface area contributed by atoms with Crippen molar-refractivity contribution in [2.75, 3.05) is 0 Å². The Kier molecular flexibility index (Phi) is 5.24. The normalized spacial score (nSPS) is 12.9. The second-order valence-electron chi connectivity index (χ2n) is 2.33. The van der Waals surface area contributed by atoms with E-state index < -0.39 is 29.7 Å². The zero-order valence-electron chi connectivity index (χ0n) is 6.48. The van der Waals surface area contributed by atoms with Gasteiger partial charge in [-0.25, -0.2) is 9.59 Å². The number of hydrogen-bond donors (Lipinski definition) is 2. The van der Waals surface area contributed by atoms with Gasteiger partial charge in [0.2, 0.25) is 0 Å². The molecule has 0 bridgehead atoms. The van der Waals surface area contributed by atoms with E-state index in [0.717, 1.165) is 0 Å². The average molecular weight is 358 g/mol. The first-order valence-electron chi connectivity index (χ1n) is 2.99. The Balaban J connectivity index is 0. The molecule has 0 radical (unpaired) electrons. The Labute approximate surface area is 102 Å². The molecule has 0 fully saturated rings. The maximum atomic E-state index is 12.2. The first kappa shape index (κ1) is 17.8. The van der Waals surface area contributed by atoms with Gasteiger partial charge in [0, 0.05) is 0 Å². The third-order valence-electron chi connectivity index (χ3n) is 1.33. The number of hydrogen-bond acceptors (Lipinski definition) is 2. The van der Waals surface area contributed by atoms with Gasteiger partial charge < -0.3 is 10.2 Å². The molecular formula is C5H5F6InO4. The molecule has 0 spiro atoms. The van der Waals surface area contributed by atoms with E-state index in [-0.39, 0.29) is 25.8 Å². The molecule has 2 N–H and O–H groups in total. The molecular weight excluding hydrogens is 353 g/mol. The average Bonchev–Trinajstić information content (AvgIpc) is 2.02. The van der Waals surface area contributed by atoms with Gasteiger partial charge in [-0.15, -0.1) is 0 Å². The van der Waals surface area contributed by atoms with Crippen LogP contribution in [0.5, 0.6) is 0 Å². The van der Waals surface area contributed by atoms with Gasteiger partial charge in [0.15, 0.2) is 0 Å². The van der Waals surface area contributed by atoms with Gasteiger partial charge in [-0.1, -0.05) is 0 Å². The van der Waals surface area contributed by atoms with E-state index in [0.29, 0.717) is 0 Å². The van der Waals surface area contributed by atoms with Crippen molar-refractivity contribution in [3.05, 3.63) is 0 Å². The van der Waals surface area contributed by atoms with Crippen LogP contribution in [0.3, 0.4) is 0 Å². The van der Waals surface area contributed by atoms with Crippen molar-refractivity contribution < 1.29 is 46.1 Å². The molecule has 0 saturated heterocycles.